The lowest BCUT2D eigenvalue weighted by atomic mass is 10.2. The van der Waals surface area contributed by atoms with E-state index in [0.717, 1.165) is 5.56 Å². The molecule has 0 aliphatic heterocycles. The van der Waals surface area contributed by atoms with Gasteiger partial charge in [0.1, 0.15) is 18.5 Å². The van der Waals surface area contributed by atoms with Crippen LogP contribution in [0.3, 0.4) is 0 Å². The second-order valence-electron chi connectivity index (χ2n) is 6.05. The Labute approximate surface area is 140 Å². The average Bonchev–Trinajstić information content (AvgIpc) is 2.86. The van der Waals surface area contributed by atoms with Gasteiger partial charge in [0.05, 0.1) is 17.5 Å². The fraction of sp³-hybridized carbons (Fsp3) is 0.438. The Morgan fingerprint density at radius 3 is 2.70 bits per heavy atom. The van der Waals surface area contributed by atoms with Gasteiger partial charge in [-0.05, 0) is 38.5 Å². The van der Waals surface area contributed by atoms with Gasteiger partial charge in [0, 0.05) is 5.75 Å². The standard InChI is InChI=1S/C16H20N2O4S/c1-16(2,3)22-15(20)18-10-17-12-8-11(4-5-13(12)18)9-21-14(19)6-7-23/h4-5,8,10,23H,6-7,9H2,1-3H3. The summed E-state index contributed by atoms with van der Waals surface area (Å²) in [6.07, 6.45) is 1.22. The second-order valence-corrected chi connectivity index (χ2v) is 6.50. The highest BCUT2D eigenvalue weighted by molar-refractivity contribution is 7.80. The molecule has 0 saturated carbocycles. The fourth-order valence-corrected chi connectivity index (χ4v) is 2.11. The molecule has 0 unspecified atom stereocenters. The molecule has 0 N–H and O–H groups in total. The van der Waals surface area contributed by atoms with Crippen LogP contribution in [0.15, 0.2) is 24.5 Å². The maximum absolute atomic E-state index is 12.1. The molecule has 1 aromatic carbocycles. The van der Waals surface area contributed by atoms with Gasteiger partial charge < -0.3 is 9.47 Å². The highest BCUT2D eigenvalue weighted by Crippen LogP contribution is 2.18. The molecular weight excluding hydrogens is 316 g/mol. The molecular formula is C16H20N2O4S. The van der Waals surface area contributed by atoms with E-state index < -0.39 is 11.7 Å². The van der Waals surface area contributed by atoms with Crippen molar-refractivity contribution >= 4 is 35.7 Å². The Morgan fingerprint density at radius 1 is 1.30 bits per heavy atom. The SMILES string of the molecule is CC(C)(C)OC(=O)n1cnc2cc(COC(=O)CCS)ccc21. The Bertz CT molecular complexity index is 718. The van der Waals surface area contributed by atoms with E-state index >= 15 is 0 Å². The molecule has 0 aliphatic carbocycles. The topological polar surface area (TPSA) is 70.4 Å². The number of hydrogen-bond acceptors (Lipinski definition) is 6. The Balaban J connectivity index is 2.14. The van der Waals surface area contributed by atoms with Crippen LogP contribution in [0.4, 0.5) is 4.79 Å². The van der Waals surface area contributed by atoms with Crippen LogP contribution in [-0.2, 0) is 20.9 Å². The van der Waals surface area contributed by atoms with E-state index in [2.05, 4.69) is 17.6 Å². The molecule has 0 aliphatic rings. The number of carbonyl (C=O) groups is 2. The van der Waals surface area contributed by atoms with Crippen molar-refractivity contribution in [2.75, 3.05) is 5.75 Å². The van der Waals surface area contributed by atoms with E-state index in [1.807, 2.05) is 0 Å². The number of imidazole rings is 1. The normalized spacial score (nSPS) is 11.5. The minimum Gasteiger partial charge on any atom is -0.461 e. The van der Waals surface area contributed by atoms with E-state index in [1.54, 1.807) is 39.0 Å². The summed E-state index contributed by atoms with van der Waals surface area (Å²) in [5.74, 6) is 0.164. The van der Waals surface area contributed by atoms with Crippen molar-refractivity contribution in [1.29, 1.82) is 0 Å². The van der Waals surface area contributed by atoms with Crippen molar-refractivity contribution in [2.45, 2.75) is 39.4 Å². The van der Waals surface area contributed by atoms with E-state index in [-0.39, 0.29) is 19.0 Å². The van der Waals surface area contributed by atoms with Crippen molar-refractivity contribution in [3.63, 3.8) is 0 Å². The van der Waals surface area contributed by atoms with Crippen LogP contribution in [0.1, 0.15) is 32.8 Å². The van der Waals surface area contributed by atoms with Crippen LogP contribution in [-0.4, -0.2) is 33.0 Å². The minimum absolute atomic E-state index is 0.169. The highest BCUT2D eigenvalue weighted by Gasteiger charge is 2.19. The van der Waals surface area contributed by atoms with E-state index in [4.69, 9.17) is 9.47 Å². The first-order valence-electron chi connectivity index (χ1n) is 7.26. The van der Waals surface area contributed by atoms with Gasteiger partial charge in [-0.25, -0.2) is 14.3 Å². The third kappa shape index (κ3) is 4.72. The molecule has 6 nitrogen and oxygen atoms in total. The summed E-state index contributed by atoms with van der Waals surface area (Å²) in [5.41, 5.74) is 1.51. The maximum Gasteiger partial charge on any atom is 0.420 e. The molecule has 23 heavy (non-hydrogen) atoms. The van der Waals surface area contributed by atoms with Crippen LogP contribution in [0.25, 0.3) is 11.0 Å². The predicted molar refractivity (Wildman–Crippen MR) is 89.6 cm³/mol. The first kappa shape index (κ1) is 17.3. The van der Waals surface area contributed by atoms with Crippen molar-refractivity contribution < 1.29 is 19.1 Å². The average molecular weight is 336 g/mol. The molecule has 124 valence electrons. The molecule has 0 spiro atoms. The van der Waals surface area contributed by atoms with Gasteiger partial charge in [0.25, 0.3) is 0 Å². The first-order valence-corrected chi connectivity index (χ1v) is 7.89. The summed E-state index contributed by atoms with van der Waals surface area (Å²) in [6, 6.07) is 5.33. The Kier molecular flexibility index (Phi) is 5.30. The van der Waals surface area contributed by atoms with Crippen LogP contribution in [0, 0.1) is 0 Å². The van der Waals surface area contributed by atoms with Gasteiger partial charge in [-0.2, -0.15) is 12.6 Å². The molecule has 1 heterocycles. The maximum atomic E-state index is 12.1. The van der Waals surface area contributed by atoms with Crippen molar-refractivity contribution in [3.8, 4) is 0 Å². The third-order valence-corrected chi connectivity index (χ3v) is 3.14. The van der Waals surface area contributed by atoms with Gasteiger partial charge in [-0.15, -0.1) is 0 Å². The molecule has 0 atom stereocenters. The lowest BCUT2D eigenvalue weighted by Gasteiger charge is -2.19. The number of rotatable bonds is 4. The summed E-state index contributed by atoms with van der Waals surface area (Å²) >= 11 is 3.98. The lowest BCUT2D eigenvalue weighted by molar-refractivity contribution is -0.144. The number of ether oxygens (including phenoxy) is 2. The zero-order valence-electron chi connectivity index (χ0n) is 13.4. The number of fused-ring (bicyclic) bond motifs is 1. The molecule has 0 amide bonds. The van der Waals surface area contributed by atoms with E-state index in [0.29, 0.717) is 16.8 Å². The van der Waals surface area contributed by atoms with Gasteiger partial charge in [0.15, 0.2) is 0 Å². The van der Waals surface area contributed by atoms with Crippen molar-refractivity contribution in [3.05, 3.63) is 30.1 Å². The number of aromatic nitrogens is 2. The number of hydrogen-bond donors (Lipinski definition) is 1. The monoisotopic (exact) mass is 336 g/mol. The summed E-state index contributed by atoms with van der Waals surface area (Å²) in [5, 5.41) is 0. The molecule has 2 aromatic rings. The summed E-state index contributed by atoms with van der Waals surface area (Å²) in [6.45, 7) is 5.59. The van der Waals surface area contributed by atoms with Crippen LogP contribution >= 0.6 is 12.6 Å². The predicted octanol–water partition coefficient (Wildman–Crippen LogP) is 3.18. The zero-order chi connectivity index (χ0) is 17.0. The van der Waals surface area contributed by atoms with Gasteiger partial charge in [0.2, 0.25) is 0 Å². The van der Waals surface area contributed by atoms with Crippen LogP contribution in [0.2, 0.25) is 0 Å². The number of benzene rings is 1. The molecule has 0 bridgehead atoms. The summed E-state index contributed by atoms with van der Waals surface area (Å²) in [4.78, 5) is 27.7. The molecule has 2 rings (SSSR count). The highest BCUT2D eigenvalue weighted by atomic mass is 32.1. The smallest absolute Gasteiger partial charge is 0.420 e. The third-order valence-electron chi connectivity index (χ3n) is 2.92. The lowest BCUT2D eigenvalue weighted by Crippen LogP contribution is -2.26. The van der Waals surface area contributed by atoms with Gasteiger partial charge in [-0.3, -0.25) is 4.79 Å². The second kappa shape index (κ2) is 7.04. The molecule has 1 aromatic heterocycles. The fourth-order valence-electron chi connectivity index (χ4n) is 1.93. The van der Waals surface area contributed by atoms with Gasteiger partial charge >= 0.3 is 12.1 Å². The molecule has 0 fully saturated rings. The Hall–Kier alpha value is -2.02. The van der Waals surface area contributed by atoms with Crippen molar-refractivity contribution in [1.82, 2.24) is 9.55 Å². The van der Waals surface area contributed by atoms with E-state index in [9.17, 15) is 9.59 Å². The zero-order valence-corrected chi connectivity index (χ0v) is 14.3. The van der Waals surface area contributed by atoms with E-state index in [1.165, 1.54) is 10.9 Å². The van der Waals surface area contributed by atoms with Crippen LogP contribution in [0.5, 0.6) is 0 Å². The molecule has 7 heteroatoms. The quantitative estimate of drug-likeness (QED) is 0.686. The number of carbonyl (C=O) groups excluding carboxylic acids is 2. The number of thiol groups is 1. The van der Waals surface area contributed by atoms with Crippen molar-refractivity contribution in [2.24, 2.45) is 0 Å². The summed E-state index contributed by atoms with van der Waals surface area (Å²) in [7, 11) is 0. The Morgan fingerprint density at radius 2 is 2.04 bits per heavy atom. The minimum atomic E-state index is -0.575. The number of nitrogens with zero attached hydrogens (tertiary/aromatic N) is 2. The molecule has 0 radical (unpaired) electrons. The number of esters is 1. The van der Waals surface area contributed by atoms with Crippen LogP contribution < -0.4 is 0 Å². The summed E-state index contributed by atoms with van der Waals surface area (Å²) < 4.78 is 11.8. The first-order chi connectivity index (χ1) is 10.8. The molecule has 0 saturated heterocycles. The van der Waals surface area contributed by atoms with Gasteiger partial charge in [-0.1, -0.05) is 6.07 Å². The largest absolute Gasteiger partial charge is 0.461 e.